The Hall–Kier alpha value is -2.17. The van der Waals surface area contributed by atoms with E-state index in [9.17, 15) is 4.79 Å². The maximum atomic E-state index is 10.9. The molecule has 20 heavy (non-hydrogen) atoms. The highest BCUT2D eigenvalue weighted by molar-refractivity contribution is 5.90. The second-order valence-corrected chi connectivity index (χ2v) is 5.30. The van der Waals surface area contributed by atoms with Gasteiger partial charge in [-0.05, 0) is 24.8 Å². The zero-order valence-electron chi connectivity index (χ0n) is 11.2. The van der Waals surface area contributed by atoms with Crippen LogP contribution >= 0.6 is 0 Å². The van der Waals surface area contributed by atoms with E-state index in [4.69, 9.17) is 5.11 Å². The van der Waals surface area contributed by atoms with Crippen molar-refractivity contribution in [2.24, 2.45) is 5.92 Å². The van der Waals surface area contributed by atoms with Gasteiger partial charge in [0.1, 0.15) is 0 Å². The van der Waals surface area contributed by atoms with Gasteiger partial charge >= 0.3 is 5.97 Å². The number of hydrogen-bond acceptors (Lipinski definition) is 4. The molecule has 1 fully saturated rings. The largest absolute Gasteiger partial charge is 0.481 e. The maximum Gasteiger partial charge on any atom is 0.303 e. The van der Waals surface area contributed by atoms with Crippen molar-refractivity contribution in [1.82, 2.24) is 10.2 Å². The van der Waals surface area contributed by atoms with Gasteiger partial charge in [0.25, 0.3) is 0 Å². The van der Waals surface area contributed by atoms with E-state index in [1.165, 1.54) is 0 Å². The van der Waals surface area contributed by atoms with E-state index >= 15 is 0 Å². The highest BCUT2D eigenvalue weighted by atomic mass is 16.4. The summed E-state index contributed by atoms with van der Waals surface area (Å²) >= 11 is 0. The summed E-state index contributed by atoms with van der Waals surface area (Å²) < 4.78 is 0. The van der Waals surface area contributed by atoms with Crippen LogP contribution in [0.4, 0.5) is 5.69 Å². The molecule has 0 amide bonds. The number of aliphatic carboxylic acids is 1. The standard InChI is InChI=1S/C15H17N3O2/c19-15(20)8-11-4-3-7-18(10-11)14-9-16-17-13-6-2-1-5-12(13)14/h1-2,5-6,9,11H,3-4,7-8,10H2,(H,19,20). The molecule has 5 nitrogen and oxygen atoms in total. The number of carbonyl (C=O) groups is 1. The van der Waals surface area contributed by atoms with Crippen molar-refractivity contribution in [2.45, 2.75) is 19.3 Å². The molecular weight excluding hydrogens is 254 g/mol. The third kappa shape index (κ3) is 2.57. The minimum absolute atomic E-state index is 0.216. The van der Waals surface area contributed by atoms with Crippen LogP contribution in [0.25, 0.3) is 10.9 Å². The van der Waals surface area contributed by atoms with Crippen molar-refractivity contribution >= 4 is 22.6 Å². The molecule has 0 spiro atoms. The molecular formula is C15H17N3O2. The summed E-state index contributed by atoms with van der Waals surface area (Å²) in [5, 5.41) is 18.2. The summed E-state index contributed by atoms with van der Waals surface area (Å²) in [7, 11) is 0. The molecule has 1 aliphatic rings. The summed E-state index contributed by atoms with van der Waals surface area (Å²) in [6.07, 6.45) is 4.03. The Bertz CT molecular complexity index is 624. The molecule has 0 saturated carbocycles. The van der Waals surface area contributed by atoms with Crippen LogP contribution < -0.4 is 4.90 Å². The smallest absolute Gasteiger partial charge is 0.303 e. The number of carboxylic acids is 1. The fourth-order valence-corrected chi connectivity index (χ4v) is 2.94. The van der Waals surface area contributed by atoms with Crippen molar-refractivity contribution in [3.63, 3.8) is 0 Å². The van der Waals surface area contributed by atoms with Gasteiger partial charge in [-0.2, -0.15) is 10.2 Å². The lowest BCUT2D eigenvalue weighted by Gasteiger charge is -2.34. The van der Waals surface area contributed by atoms with Crippen molar-refractivity contribution < 1.29 is 9.90 Å². The average Bonchev–Trinajstić information content (AvgIpc) is 2.46. The van der Waals surface area contributed by atoms with Gasteiger partial charge in [-0.3, -0.25) is 4.79 Å². The van der Waals surface area contributed by atoms with Crippen LogP contribution in [0.3, 0.4) is 0 Å². The van der Waals surface area contributed by atoms with Crippen LogP contribution in [0.5, 0.6) is 0 Å². The van der Waals surface area contributed by atoms with Crippen LogP contribution in [0, 0.1) is 5.92 Å². The molecule has 1 saturated heterocycles. The summed E-state index contributed by atoms with van der Waals surface area (Å²) in [5.74, 6) is -0.497. The predicted molar refractivity (Wildman–Crippen MR) is 76.7 cm³/mol. The molecule has 0 aliphatic carbocycles. The molecule has 0 bridgehead atoms. The molecule has 1 unspecified atom stereocenters. The molecule has 1 aromatic carbocycles. The Balaban J connectivity index is 1.88. The maximum absolute atomic E-state index is 10.9. The van der Waals surface area contributed by atoms with E-state index in [0.29, 0.717) is 0 Å². The van der Waals surface area contributed by atoms with Crippen molar-refractivity contribution in [1.29, 1.82) is 0 Å². The number of aromatic nitrogens is 2. The van der Waals surface area contributed by atoms with Gasteiger partial charge < -0.3 is 10.0 Å². The van der Waals surface area contributed by atoms with E-state index in [-0.39, 0.29) is 12.3 Å². The van der Waals surface area contributed by atoms with E-state index in [0.717, 1.165) is 42.5 Å². The highest BCUT2D eigenvalue weighted by Gasteiger charge is 2.23. The number of rotatable bonds is 3. The van der Waals surface area contributed by atoms with E-state index in [1.807, 2.05) is 24.3 Å². The molecule has 1 aromatic heterocycles. The third-order valence-corrected chi connectivity index (χ3v) is 3.85. The number of carboxylic acid groups (broad SMARTS) is 1. The van der Waals surface area contributed by atoms with Gasteiger partial charge in [-0.15, -0.1) is 0 Å². The molecule has 3 rings (SSSR count). The van der Waals surface area contributed by atoms with Crippen molar-refractivity contribution in [3.05, 3.63) is 30.5 Å². The zero-order valence-corrected chi connectivity index (χ0v) is 11.2. The Morgan fingerprint density at radius 2 is 2.25 bits per heavy atom. The van der Waals surface area contributed by atoms with Crippen LogP contribution in [-0.2, 0) is 4.79 Å². The van der Waals surface area contributed by atoms with Crippen LogP contribution in [0.2, 0.25) is 0 Å². The van der Waals surface area contributed by atoms with E-state index in [2.05, 4.69) is 15.1 Å². The quantitative estimate of drug-likeness (QED) is 0.928. The Labute approximate surface area is 117 Å². The first-order valence-corrected chi connectivity index (χ1v) is 6.91. The van der Waals surface area contributed by atoms with Crippen molar-refractivity contribution in [2.75, 3.05) is 18.0 Å². The second kappa shape index (κ2) is 5.45. The first-order chi connectivity index (χ1) is 9.74. The molecule has 104 valence electrons. The normalized spacial score (nSPS) is 19.2. The number of anilines is 1. The van der Waals surface area contributed by atoms with Crippen molar-refractivity contribution in [3.8, 4) is 0 Å². The molecule has 1 atom stereocenters. The summed E-state index contributed by atoms with van der Waals surface area (Å²) in [6, 6.07) is 7.93. The summed E-state index contributed by atoms with van der Waals surface area (Å²) in [4.78, 5) is 13.1. The summed E-state index contributed by atoms with van der Waals surface area (Å²) in [5.41, 5.74) is 1.94. The lowest BCUT2D eigenvalue weighted by atomic mass is 9.94. The van der Waals surface area contributed by atoms with E-state index in [1.54, 1.807) is 6.20 Å². The topological polar surface area (TPSA) is 66.3 Å². The minimum atomic E-state index is -0.713. The molecule has 1 N–H and O–H groups in total. The third-order valence-electron chi connectivity index (χ3n) is 3.85. The SMILES string of the molecule is O=C(O)CC1CCCN(c2cnnc3ccccc23)C1. The monoisotopic (exact) mass is 271 g/mol. The van der Waals surface area contributed by atoms with Crippen LogP contribution in [0.1, 0.15) is 19.3 Å². The zero-order chi connectivity index (χ0) is 13.9. The van der Waals surface area contributed by atoms with Gasteiger partial charge in [0.2, 0.25) is 0 Å². The molecule has 5 heteroatoms. The van der Waals surface area contributed by atoms with Gasteiger partial charge in [0.05, 0.1) is 17.4 Å². The summed E-state index contributed by atoms with van der Waals surface area (Å²) in [6.45, 7) is 1.73. The first-order valence-electron chi connectivity index (χ1n) is 6.91. The molecule has 0 radical (unpaired) electrons. The van der Waals surface area contributed by atoms with E-state index < -0.39 is 5.97 Å². The van der Waals surface area contributed by atoms with Gasteiger partial charge in [-0.25, -0.2) is 0 Å². The first kappa shape index (κ1) is 12.8. The lowest BCUT2D eigenvalue weighted by molar-refractivity contribution is -0.138. The average molecular weight is 271 g/mol. The van der Waals surface area contributed by atoms with Crippen LogP contribution in [-0.4, -0.2) is 34.4 Å². The van der Waals surface area contributed by atoms with Crippen LogP contribution in [0.15, 0.2) is 30.5 Å². The Morgan fingerprint density at radius 3 is 3.10 bits per heavy atom. The van der Waals surface area contributed by atoms with Gasteiger partial charge in [-0.1, -0.05) is 18.2 Å². The minimum Gasteiger partial charge on any atom is -0.481 e. The van der Waals surface area contributed by atoms with Gasteiger partial charge in [0, 0.05) is 24.9 Å². The molecule has 2 aromatic rings. The van der Waals surface area contributed by atoms with Gasteiger partial charge in [0.15, 0.2) is 0 Å². The molecule has 2 heterocycles. The number of benzene rings is 1. The number of nitrogens with zero attached hydrogens (tertiary/aromatic N) is 3. The Kier molecular flexibility index (Phi) is 3.50. The highest BCUT2D eigenvalue weighted by Crippen LogP contribution is 2.29. The predicted octanol–water partition coefficient (Wildman–Crippen LogP) is 2.32. The lowest BCUT2D eigenvalue weighted by Crippen LogP contribution is -2.36. The Morgan fingerprint density at radius 1 is 1.40 bits per heavy atom. The number of piperidine rings is 1. The molecule has 1 aliphatic heterocycles. The fraction of sp³-hybridized carbons (Fsp3) is 0.400. The number of hydrogen-bond donors (Lipinski definition) is 1. The second-order valence-electron chi connectivity index (χ2n) is 5.30. The fourth-order valence-electron chi connectivity index (χ4n) is 2.94. The number of fused-ring (bicyclic) bond motifs is 1.